The van der Waals surface area contributed by atoms with Crippen LogP contribution in [0.25, 0.3) is 0 Å². The molecule has 1 fully saturated rings. The highest BCUT2D eigenvalue weighted by Crippen LogP contribution is 2.26. The van der Waals surface area contributed by atoms with Crippen LogP contribution in [-0.2, 0) is 21.3 Å². The van der Waals surface area contributed by atoms with Crippen LogP contribution in [0, 0.1) is 0 Å². The molecule has 7 heteroatoms. The van der Waals surface area contributed by atoms with E-state index in [1.165, 1.54) is 15.6 Å². The fourth-order valence-corrected chi connectivity index (χ4v) is 4.94. The van der Waals surface area contributed by atoms with Gasteiger partial charge >= 0.3 is 0 Å². The van der Waals surface area contributed by atoms with E-state index in [0.717, 1.165) is 4.88 Å². The maximum Gasteiger partial charge on any atom is 0.244 e. The number of ether oxygens (including phenoxy) is 1. The minimum absolute atomic E-state index is 0.389. The van der Waals surface area contributed by atoms with Crippen LogP contribution in [0.15, 0.2) is 16.3 Å². The number of nitrogens with one attached hydrogen (secondary N) is 1. The summed E-state index contributed by atoms with van der Waals surface area (Å²) in [7, 11) is -1.55. The van der Waals surface area contributed by atoms with Crippen LogP contribution < -0.4 is 5.32 Å². The molecule has 0 spiro atoms. The van der Waals surface area contributed by atoms with Gasteiger partial charge in [0.05, 0.1) is 17.1 Å². The minimum atomic E-state index is -3.39. The number of morpholine rings is 1. The second-order valence-electron chi connectivity index (χ2n) is 5.23. The Morgan fingerprint density at radius 2 is 2.26 bits per heavy atom. The Hall–Kier alpha value is -0.470. The Bertz CT molecular complexity index is 537. The zero-order valence-corrected chi connectivity index (χ0v) is 13.1. The summed E-state index contributed by atoms with van der Waals surface area (Å²) in [6, 6.07) is 1.75. The first kappa shape index (κ1) is 14.9. The summed E-state index contributed by atoms with van der Waals surface area (Å²) in [5.41, 5.74) is -0.421. The van der Waals surface area contributed by atoms with E-state index in [0.29, 0.717) is 31.1 Å². The second kappa shape index (κ2) is 5.49. The molecule has 1 aromatic rings. The molecule has 0 saturated carbocycles. The zero-order chi connectivity index (χ0) is 14.1. The molecule has 0 amide bonds. The molecule has 5 nitrogen and oxygen atoms in total. The predicted octanol–water partition coefficient (Wildman–Crippen LogP) is 1.27. The molecular weight excluding hydrogens is 284 g/mol. The van der Waals surface area contributed by atoms with Crippen LogP contribution in [0.2, 0.25) is 0 Å². The largest absolute Gasteiger partial charge is 0.373 e. The van der Waals surface area contributed by atoms with Gasteiger partial charge in [0, 0.05) is 29.9 Å². The van der Waals surface area contributed by atoms with Crippen molar-refractivity contribution in [2.24, 2.45) is 0 Å². The Labute approximate surface area is 118 Å². The molecule has 2 heterocycles. The van der Waals surface area contributed by atoms with Crippen molar-refractivity contribution in [1.29, 1.82) is 0 Å². The zero-order valence-electron chi connectivity index (χ0n) is 11.5. The van der Waals surface area contributed by atoms with Gasteiger partial charge in [0.1, 0.15) is 0 Å². The average Bonchev–Trinajstić information content (AvgIpc) is 2.77. The van der Waals surface area contributed by atoms with Crippen LogP contribution >= 0.6 is 11.3 Å². The topological polar surface area (TPSA) is 58.6 Å². The summed E-state index contributed by atoms with van der Waals surface area (Å²) in [6.07, 6.45) is 0. The van der Waals surface area contributed by atoms with Gasteiger partial charge in [0.2, 0.25) is 10.0 Å². The van der Waals surface area contributed by atoms with Crippen molar-refractivity contribution in [2.45, 2.75) is 30.9 Å². The van der Waals surface area contributed by atoms with Gasteiger partial charge in [-0.1, -0.05) is 0 Å². The smallest absolute Gasteiger partial charge is 0.244 e. The van der Waals surface area contributed by atoms with E-state index in [1.807, 2.05) is 20.9 Å². The van der Waals surface area contributed by atoms with E-state index >= 15 is 0 Å². The number of thiophene rings is 1. The summed E-state index contributed by atoms with van der Waals surface area (Å²) in [5.74, 6) is 0. The Kier molecular flexibility index (Phi) is 4.32. The molecule has 2 rings (SSSR count). The molecule has 0 bridgehead atoms. The quantitative estimate of drug-likeness (QED) is 0.910. The van der Waals surface area contributed by atoms with Gasteiger partial charge in [-0.15, -0.1) is 11.3 Å². The lowest BCUT2D eigenvalue weighted by Gasteiger charge is -2.37. The number of hydrogen-bond acceptors (Lipinski definition) is 5. The molecule has 0 aliphatic carbocycles. The molecular formula is C12H20N2O3S2. The molecule has 1 N–H and O–H groups in total. The van der Waals surface area contributed by atoms with E-state index in [1.54, 1.807) is 11.4 Å². The van der Waals surface area contributed by atoms with E-state index < -0.39 is 15.6 Å². The molecule has 1 aliphatic rings. The van der Waals surface area contributed by atoms with Gasteiger partial charge in [0.25, 0.3) is 0 Å². The normalized spacial score (nSPS) is 20.6. The summed E-state index contributed by atoms with van der Waals surface area (Å²) < 4.78 is 32.2. The first-order valence-electron chi connectivity index (χ1n) is 6.21. The van der Waals surface area contributed by atoms with Gasteiger partial charge < -0.3 is 10.1 Å². The fourth-order valence-electron chi connectivity index (χ4n) is 2.09. The van der Waals surface area contributed by atoms with Gasteiger partial charge in [-0.05, 0) is 27.0 Å². The minimum Gasteiger partial charge on any atom is -0.373 e. The van der Waals surface area contributed by atoms with Crippen molar-refractivity contribution in [2.75, 3.05) is 26.7 Å². The van der Waals surface area contributed by atoms with Gasteiger partial charge in [0.15, 0.2) is 0 Å². The van der Waals surface area contributed by atoms with E-state index in [-0.39, 0.29) is 0 Å². The Morgan fingerprint density at radius 1 is 1.53 bits per heavy atom. The number of sulfonamides is 1. The maximum atomic E-state index is 12.5. The van der Waals surface area contributed by atoms with Gasteiger partial charge in [-0.25, -0.2) is 8.42 Å². The van der Waals surface area contributed by atoms with Crippen LogP contribution in [0.4, 0.5) is 0 Å². The van der Waals surface area contributed by atoms with Crippen molar-refractivity contribution in [3.05, 3.63) is 16.3 Å². The molecule has 0 atom stereocenters. The molecule has 108 valence electrons. The monoisotopic (exact) mass is 304 g/mol. The number of nitrogens with zero attached hydrogens (tertiary/aromatic N) is 1. The van der Waals surface area contributed by atoms with Crippen LogP contribution in [0.1, 0.15) is 18.7 Å². The standard InChI is InChI=1S/C12H20N2O3S2/c1-12(2)9-14(4-5-17-12)19(15,16)11-6-10(7-13-3)18-8-11/h6,8,13H,4-5,7,9H2,1-3H3. The first-order chi connectivity index (χ1) is 8.85. The molecule has 19 heavy (non-hydrogen) atoms. The lowest BCUT2D eigenvalue weighted by molar-refractivity contribution is -0.0640. The Morgan fingerprint density at radius 3 is 2.89 bits per heavy atom. The SMILES string of the molecule is CNCc1cc(S(=O)(=O)N2CCOC(C)(C)C2)cs1. The molecule has 0 aromatic carbocycles. The molecule has 1 aliphatic heterocycles. The van der Waals surface area contributed by atoms with Crippen LogP contribution in [-0.4, -0.2) is 45.1 Å². The van der Waals surface area contributed by atoms with E-state index in [4.69, 9.17) is 4.74 Å². The third-order valence-electron chi connectivity index (χ3n) is 3.01. The van der Waals surface area contributed by atoms with Crippen molar-refractivity contribution < 1.29 is 13.2 Å². The van der Waals surface area contributed by atoms with Crippen LogP contribution in [0.5, 0.6) is 0 Å². The van der Waals surface area contributed by atoms with Gasteiger partial charge in [-0.2, -0.15) is 4.31 Å². The van der Waals surface area contributed by atoms with Crippen molar-refractivity contribution >= 4 is 21.4 Å². The van der Waals surface area contributed by atoms with Crippen molar-refractivity contribution in [3.8, 4) is 0 Å². The fraction of sp³-hybridized carbons (Fsp3) is 0.667. The summed E-state index contributed by atoms with van der Waals surface area (Å²) >= 11 is 1.47. The summed E-state index contributed by atoms with van der Waals surface area (Å²) in [5, 5.41) is 4.74. The second-order valence-corrected chi connectivity index (χ2v) is 8.16. The number of hydrogen-bond donors (Lipinski definition) is 1. The summed E-state index contributed by atoms with van der Waals surface area (Å²) in [4.78, 5) is 1.41. The highest BCUT2D eigenvalue weighted by Gasteiger charge is 2.35. The maximum absolute atomic E-state index is 12.5. The molecule has 1 saturated heterocycles. The molecule has 0 unspecified atom stereocenters. The molecule has 1 aromatic heterocycles. The molecule has 0 radical (unpaired) electrons. The lowest BCUT2D eigenvalue weighted by Crippen LogP contribution is -2.50. The van der Waals surface area contributed by atoms with E-state index in [9.17, 15) is 8.42 Å². The third-order valence-corrected chi connectivity index (χ3v) is 5.92. The predicted molar refractivity (Wildman–Crippen MR) is 75.9 cm³/mol. The average molecular weight is 304 g/mol. The summed E-state index contributed by atoms with van der Waals surface area (Å²) in [6.45, 7) is 5.77. The third kappa shape index (κ3) is 3.35. The highest BCUT2D eigenvalue weighted by atomic mass is 32.2. The lowest BCUT2D eigenvalue weighted by atomic mass is 10.1. The van der Waals surface area contributed by atoms with Crippen LogP contribution in [0.3, 0.4) is 0 Å². The first-order valence-corrected chi connectivity index (χ1v) is 8.53. The Balaban J connectivity index is 2.21. The van der Waals surface area contributed by atoms with Gasteiger partial charge in [-0.3, -0.25) is 0 Å². The van der Waals surface area contributed by atoms with Crippen molar-refractivity contribution in [3.63, 3.8) is 0 Å². The van der Waals surface area contributed by atoms with Crippen molar-refractivity contribution in [1.82, 2.24) is 9.62 Å². The highest BCUT2D eigenvalue weighted by molar-refractivity contribution is 7.89. The number of rotatable bonds is 4. The van der Waals surface area contributed by atoms with E-state index in [2.05, 4.69) is 5.32 Å².